The Balaban J connectivity index is 1.84. The molecule has 3 amide bonds. The fraction of sp³-hybridized carbons (Fsp3) is 0.667. The van der Waals surface area contributed by atoms with E-state index >= 15 is 0 Å². The number of nitrogens with one attached hydrogen (secondary N) is 2. The maximum absolute atomic E-state index is 13.3. The van der Waals surface area contributed by atoms with E-state index in [2.05, 4.69) is 24.5 Å². The Labute approximate surface area is 143 Å². The lowest BCUT2D eigenvalue weighted by Gasteiger charge is -2.38. The Morgan fingerprint density at radius 2 is 2.08 bits per heavy atom. The molecule has 1 atom stereocenters. The number of piperidine rings is 1. The minimum absolute atomic E-state index is 0.0683. The van der Waals surface area contributed by atoms with Crippen LogP contribution in [-0.2, 0) is 11.3 Å². The topological polar surface area (TPSA) is 74.6 Å². The highest BCUT2D eigenvalue weighted by atomic mass is 16.3. The van der Waals surface area contributed by atoms with Crippen molar-refractivity contribution in [3.05, 3.63) is 24.2 Å². The van der Waals surface area contributed by atoms with Crippen molar-refractivity contribution in [1.82, 2.24) is 15.5 Å². The van der Waals surface area contributed by atoms with Crippen LogP contribution in [-0.4, -0.2) is 35.5 Å². The average molecular weight is 333 g/mol. The molecule has 0 radical (unpaired) electrons. The van der Waals surface area contributed by atoms with Gasteiger partial charge >= 0.3 is 6.03 Å². The first-order valence-corrected chi connectivity index (χ1v) is 8.89. The van der Waals surface area contributed by atoms with Gasteiger partial charge in [-0.15, -0.1) is 0 Å². The first-order chi connectivity index (χ1) is 11.5. The van der Waals surface area contributed by atoms with Gasteiger partial charge in [0.1, 0.15) is 5.54 Å². The minimum atomic E-state index is -0.743. The second kappa shape index (κ2) is 6.97. The van der Waals surface area contributed by atoms with Crippen molar-refractivity contribution in [3.63, 3.8) is 0 Å². The normalized spacial score (nSPS) is 25.5. The summed E-state index contributed by atoms with van der Waals surface area (Å²) in [6.45, 7) is 6.38. The highest BCUT2D eigenvalue weighted by Gasteiger charge is 2.55. The number of nitrogens with zero attached hydrogens (tertiary/aromatic N) is 1. The van der Waals surface area contributed by atoms with E-state index in [0.29, 0.717) is 12.3 Å². The maximum atomic E-state index is 13.3. The lowest BCUT2D eigenvalue weighted by atomic mass is 9.74. The van der Waals surface area contributed by atoms with Crippen LogP contribution in [0.5, 0.6) is 0 Å². The minimum Gasteiger partial charge on any atom is -0.472 e. The Morgan fingerprint density at radius 1 is 1.33 bits per heavy atom. The molecule has 132 valence electrons. The fourth-order valence-corrected chi connectivity index (χ4v) is 3.83. The summed E-state index contributed by atoms with van der Waals surface area (Å²) >= 11 is 0. The van der Waals surface area contributed by atoms with Gasteiger partial charge in [0.25, 0.3) is 5.91 Å². The molecule has 2 aliphatic rings. The molecule has 2 saturated heterocycles. The van der Waals surface area contributed by atoms with Crippen LogP contribution in [0.15, 0.2) is 23.0 Å². The van der Waals surface area contributed by atoms with Gasteiger partial charge in [-0.3, -0.25) is 9.69 Å². The smallest absolute Gasteiger partial charge is 0.325 e. The number of furan rings is 1. The van der Waals surface area contributed by atoms with Gasteiger partial charge in [0, 0.05) is 5.56 Å². The van der Waals surface area contributed by atoms with Crippen LogP contribution in [0.3, 0.4) is 0 Å². The first-order valence-electron chi connectivity index (χ1n) is 8.89. The van der Waals surface area contributed by atoms with Gasteiger partial charge in [-0.05, 0) is 56.7 Å². The Morgan fingerprint density at radius 3 is 2.71 bits per heavy atom. The molecule has 2 N–H and O–H groups in total. The van der Waals surface area contributed by atoms with Gasteiger partial charge in [0.05, 0.1) is 19.1 Å². The number of hydrogen-bond donors (Lipinski definition) is 2. The molecule has 24 heavy (non-hydrogen) atoms. The molecule has 6 heteroatoms. The summed E-state index contributed by atoms with van der Waals surface area (Å²) in [6.07, 6.45) is 6.62. The summed E-state index contributed by atoms with van der Waals surface area (Å²) in [5.74, 6) is 0.626. The van der Waals surface area contributed by atoms with Crippen molar-refractivity contribution in [3.8, 4) is 0 Å². The van der Waals surface area contributed by atoms with E-state index in [0.717, 1.165) is 37.9 Å². The van der Waals surface area contributed by atoms with Crippen molar-refractivity contribution >= 4 is 11.9 Å². The molecule has 1 aromatic heterocycles. The summed E-state index contributed by atoms with van der Waals surface area (Å²) < 4.78 is 5.06. The molecular weight excluding hydrogens is 306 g/mol. The molecule has 1 unspecified atom stereocenters. The zero-order valence-electron chi connectivity index (χ0n) is 14.5. The standard InChI is InChI=1S/C18H27N3O3/c1-13(2)3-7-18(15-4-8-19-9-5-15)16(22)21(17(23)20-18)11-14-6-10-24-12-14/h6,10,12-13,15,19H,3-5,7-9,11H2,1-2H3,(H,20,23). The maximum Gasteiger partial charge on any atom is 0.325 e. The van der Waals surface area contributed by atoms with Crippen molar-refractivity contribution < 1.29 is 14.0 Å². The predicted molar refractivity (Wildman–Crippen MR) is 90.2 cm³/mol. The second-order valence-electron chi connectivity index (χ2n) is 7.38. The third kappa shape index (κ3) is 3.20. The number of amides is 3. The molecule has 2 fully saturated rings. The van der Waals surface area contributed by atoms with Crippen LogP contribution in [0.4, 0.5) is 4.79 Å². The zero-order chi connectivity index (χ0) is 17.2. The number of urea groups is 1. The summed E-state index contributed by atoms with van der Waals surface area (Å²) in [6, 6.07) is 1.52. The van der Waals surface area contributed by atoms with E-state index in [1.807, 2.05) is 0 Å². The number of carbonyl (C=O) groups excluding carboxylic acids is 2. The quantitative estimate of drug-likeness (QED) is 0.785. The summed E-state index contributed by atoms with van der Waals surface area (Å²) in [4.78, 5) is 27.2. The van der Waals surface area contributed by atoms with Crippen LogP contribution >= 0.6 is 0 Å². The first kappa shape index (κ1) is 17.0. The van der Waals surface area contributed by atoms with Gasteiger partial charge in [-0.25, -0.2) is 4.79 Å². The SMILES string of the molecule is CC(C)CCC1(C2CCNCC2)NC(=O)N(Cc2ccoc2)C1=O. The monoisotopic (exact) mass is 333 g/mol. The van der Waals surface area contributed by atoms with Gasteiger partial charge in [-0.1, -0.05) is 13.8 Å². The lowest BCUT2D eigenvalue weighted by molar-refractivity contribution is -0.134. The van der Waals surface area contributed by atoms with Gasteiger partial charge < -0.3 is 15.1 Å². The van der Waals surface area contributed by atoms with Crippen molar-refractivity contribution in [2.45, 2.75) is 51.6 Å². The van der Waals surface area contributed by atoms with Crippen LogP contribution in [0.1, 0.15) is 45.1 Å². The van der Waals surface area contributed by atoms with Crippen LogP contribution in [0.2, 0.25) is 0 Å². The number of carbonyl (C=O) groups is 2. The number of rotatable bonds is 6. The molecule has 2 aliphatic heterocycles. The largest absolute Gasteiger partial charge is 0.472 e. The summed E-state index contributed by atoms with van der Waals surface area (Å²) in [5.41, 5.74) is 0.0937. The molecule has 0 aromatic carbocycles. The van der Waals surface area contributed by atoms with E-state index < -0.39 is 5.54 Å². The van der Waals surface area contributed by atoms with Crippen LogP contribution in [0, 0.1) is 11.8 Å². The second-order valence-corrected chi connectivity index (χ2v) is 7.38. The Hall–Kier alpha value is -1.82. The van der Waals surface area contributed by atoms with E-state index in [4.69, 9.17) is 4.42 Å². The third-order valence-electron chi connectivity index (χ3n) is 5.27. The van der Waals surface area contributed by atoms with E-state index in [9.17, 15) is 9.59 Å². The molecule has 0 spiro atoms. The number of hydrogen-bond acceptors (Lipinski definition) is 4. The molecule has 1 aromatic rings. The molecule has 0 bridgehead atoms. The van der Waals surface area contributed by atoms with Crippen molar-refractivity contribution in [2.24, 2.45) is 11.8 Å². The van der Waals surface area contributed by atoms with Gasteiger partial charge in [0.15, 0.2) is 0 Å². The molecule has 0 saturated carbocycles. The van der Waals surface area contributed by atoms with Crippen molar-refractivity contribution in [1.29, 1.82) is 0 Å². The molecular formula is C18H27N3O3. The molecule has 0 aliphatic carbocycles. The van der Waals surface area contributed by atoms with E-state index in [-0.39, 0.29) is 24.4 Å². The van der Waals surface area contributed by atoms with Crippen LogP contribution in [0.25, 0.3) is 0 Å². The highest BCUT2D eigenvalue weighted by molar-refractivity contribution is 6.07. The molecule has 3 rings (SSSR count). The van der Waals surface area contributed by atoms with Gasteiger partial charge in [-0.2, -0.15) is 0 Å². The zero-order valence-corrected chi connectivity index (χ0v) is 14.5. The average Bonchev–Trinajstić information content (AvgIpc) is 3.17. The lowest BCUT2D eigenvalue weighted by Crippen LogP contribution is -2.55. The predicted octanol–water partition coefficient (Wildman–Crippen LogP) is 2.51. The summed E-state index contributed by atoms with van der Waals surface area (Å²) in [5, 5.41) is 6.43. The molecule has 6 nitrogen and oxygen atoms in total. The fourth-order valence-electron chi connectivity index (χ4n) is 3.83. The molecule has 3 heterocycles. The van der Waals surface area contributed by atoms with E-state index in [1.54, 1.807) is 18.6 Å². The summed E-state index contributed by atoms with van der Waals surface area (Å²) in [7, 11) is 0. The Bertz CT molecular complexity index is 578. The third-order valence-corrected chi connectivity index (χ3v) is 5.27. The highest BCUT2D eigenvalue weighted by Crippen LogP contribution is 2.37. The van der Waals surface area contributed by atoms with Crippen molar-refractivity contribution in [2.75, 3.05) is 13.1 Å². The van der Waals surface area contributed by atoms with Crippen LogP contribution < -0.4 is 10.6 Å². The van der Waals surface area contributed by atoms with Gasteiger partial charge in [0.2, 0.25) is 0 Å². The van der Waals surface area contributed by atoms with E-state index in [1.165, 1.54) is 4.90 Å². The Kier molecular flexibility index (Phi) is 4.94. The number of imide groups is 1.